The summed E-state index contributed by atoms with van der Waals surface area (Å²) in [5.74, 6) is -0.560. The average Bonchev–Trinajstić information content (AvgIpc) is 3.46. The Hall–Kier alpha value is -4.29. The number of hydrogen-bond donors (Lipinski definition) is 0. The number of para-hydroxylation sites is 1. The maximum atomic E-state index is 13.8. The van der Waals surface area contributed by atoms with Crippen molar-refractivity contribution in [1.82, 2.24) is 9.88 Å². The fourth-order valence-electron chi connectivity index (χ4n) is 5.03. The fraction of sp³-hybridized carbons (Fsp3) is 0.138. The Morgan fingerprint density at radius 3 is 2.27 bits per heavy atom. The van der Waals surface area contributed by atoms with Gasteiger partial charge in [0.2, 0.25) is 0 Å². The number of sulfone groups is 1. The van der Waals surface area contributed by atoms with Gasteiger partial charge in [-0.3, -0.25) is 9.78 Å². The van der Waals surface area contributed by atoms with Crippen molar-refractivity contribution in [2.45, 2.75) is 29.4 Å². The van der Waals surface area contributed by atoms with Crippen molar-refractivity contribution in [3.8, 4) is 0 Å². The number of benzene rings is 3. The number of aromatic nitrogens is 1. The molecule has 3 aromatic carbocycles. The van der Waals surface area contributed by atoms with Gasteiger partial charge in [0.15, 0.2) is 0 Å². The number of fused-ring (bicyclic) bond motifs is 2. The van der Waals surface area contributed by atoms with Crippen LogP contribution < -0.4 is 4.90 Å². The van der Waals surface area contributed by atoms with E-state index in [1.54, 1.807) is 12.3 Å². The lowest BCUT2D eigenvalue weighted by atomic mass is 10.0. The molecule has 1 atom stereocenters. The Labute approximate surface area is 236 Å². The number of imide groups is 1. The number of rotatable bonds is 6. The number of thiophene rings is 1. The zero-order valence-corrected chi connectivity index (χ0v) is 22.7. The second-order valence-corrected chi connectivity index (χ2v) is 12.3. The number of alkyl halides is 3. The molecule has 0 bridgehead atoms. The molecular weight excluding hydrogens is 575 g/mol. The van der Waals surface area contributed by atoms with E-state index in [4.69, 9.17) is 0 Å². The first-order chi connectivity index (χ1) is 19.6. The summed E-state index contributed by atoms with van der Waals surface area (Å²) in [4.78, 5) is 33.4. The van der Waals surface area contributed by atoms with Crippen molar-refractivity contribution in [2.24, 2.45) is 0 Å². The van der Waals surface area contributed by atoms with Crippen LogP contribution in [0.2, 0.25) is 0 Å². The lowest BCUT2D eigenvalue weighted by molar-refractivity contribution is -0.119. The summed E-state index contributed by atoms with van der Waals surface area (Å²) in [5.41, 5.74) is -3.13. The second-order valence-electron chi connectivity index (χ2n) is 9.49. The van der Waals surface area contributed by atoms with E-state index in [2.05, 4.69) is 4.98 Å². The van der Waals surface area contributed by atoms with E-state index in [0.29, 0.717) is 0 Å². The van der Waals surface area contributed by atoms with E-state index in [9.17, 15) is 31.2 Å². The van der Waals surface area contributed by atoms with Crippen molar-refractivity contribution in [2.75, 3.05) is 4.90 Å². The molecule has 0 radical (unpaired) electrons. The van der Waals surface area contributed by atoms with Gasteiger partial charge in [0.25, 0.3) is 15.7 Å². The number of carbonyl (C=O) groups is 2. The van der Waals surface area contributed by atoms with E-state index in [1.165, 1.54) is 16.2 Å². The third-order valence-electron chi connectivity index (χ3n) is 7.08. The lowest BCUT2D eigenvalue weighted by Crippen LogP contribution is -2.36. The predicted molar refractivity (Wildman–Crippen MR) is 149 cm³/mol. The molecule has 1 aliphatic rings. The number of urea groups is 1. The summed E-state index contributed by atoms with van der Waals surface area (Å²) in [6.07, 6.45) is 1.84. The standard InChI is InChI=1S/C29H20F3N3O4S2/c30-29(31,32)41(38,39)21-11-9-20(10-12-21)35-27(36)25(15-19-17-40-26-8-4-2-6-23(19)26)34(28(35)37)16-18-13-14-33-24-7-3-1-5-22(18)24/h1-14,17,25H,15-16H2/t25-/m1/s1. The van der Waals surface area contributed by atoms with Gasteiger partial charge in [-0.05, 0) is 64.4 Å². The van der Waals surface area contributed by atoms with Crippen molar-refractivity contribution in [3.63, 3.8) is 0 Å². The molecule has 1 saturated heterocycles. The van der Waals surface area contributed by atoms with Crippen molar-refractivity contribution in [3.05, 3.63) is 102 Å². The summed E-state index contributed by atoms with van der Waals surface area (Å²) >= 11 is 1.52. The first-order valence-corrected chi connectivity index (χ1v) is 14.8. The van der Waals surface area contributed by atoms with Gasteiger partial charge in [-0.2, -0.15) is 13.2 Å². The summed E-state index contributed by atoms with van der Waals surface area (Å²) in [6.45, 7) is 0.0807. The highest BCUT2D eigenvalue weighted by molar-refractivity contribution is 7.92. The van der Waals surface area contributed by atoms with Crippen molar-refractivity contribution in [1.29, 1.82) is 0 Å². The molecule has 3 amide bonds. The highest BCUT2D eigenvalue weighted by Crippen LogP contribution is 2.35. The van der Waals surface area contributed by atoms with Crippen molar-refractivity contribution >= 4 is 59.8 Å². The predicted octanol–water partition coefficient (Wildman–Crippen LogP) is 6.32. The molecule has 3 heterocycles. The molecule has 6 rings (SSSR count). The first kappa shape index (κ1) is 26.9. The average molecular weight is 596 g/mol. The first-order valence-electron chi connectivity index (χ1n) is 12.4. The van der Waals surface area contributed by atoms with E-state index < -0.39 is 38.2 Å². The summed E-state index contributed by atoms with van der Waals surface area (Å²) in [6, 6.07) is 18.9. The van der Waals surface area contributed by atoms with Gasteiger partial charge in [-0.15, -0.1) is 11.3 Å². The number of amides is 3. The maximum Gasteiger partial charge on any atom is 0.501 e. The molecule has 1 fully saturated rings. The van der Waals surface area contributed by atoms with Gasteiger partial charge in [0.05, 0.1) is 16.1 Å². The van der Waals surface area contributed by atoms with Crippen LogP contribution in [-0.2, 0) is 27.6 Å². The van der Waals surface area contributed by atoms with E-state index >= 15 is 0 Å². The molecule has 0 unspecified atom stereocenters. The minimum Gasteiger partial charge on any atom is -0.307 e. The Kier molecular flexibility index (Phi) is 6.54. The Morgan fingerprint density at radius 2 is 1.54 bits per heavy atom. The monoisotopic (exact) mass is 595 g/mol. The molecule has 41 heavy (non-hydrogen) atoms. The number of carbonyl (C=O) groups excluding carboxylic acids is 2. The molecule has 208 valence electrons. The molecule has 0 N–H and O–H groups in total. The van der Waals surface area contributed by atoms with Crippen LogP contribution in [0, 0.1) is 0 Å². The molecule has 0 saturated carbocycles. The third-order valence-corrected chi connectivity index (χ3v) is 9.60. The van der Waals surface area contributed by atoms with Crippen LogP contribution in [0.15, 0.2) is 95.3 Å². The van der Waals surface area contributed by atoms with Crippen LogP contribution in [0.4, 0.5) is 23.7 Å². The maximum absolute atomic E-state index is 13.8. The largest absolute Gasteiger partial charge is 0.501 e. The minimum atomic E-state index is -5.59. The zero-order valence-electron chi connectivity index (χ0n) is 21.1. The summed E-state index contributed by atoms with van der Waals surface area (Å²) in [7, 11) is -5.59. The second kappa shape index (κ2) is 9.96. The van der Waals surface area contributed by atoms with Gasteiger partial charge in [-0.1, -0.05) is 36.4 Å². The molecule has 1 aliphatic heterocycles. The molecule has 12 heteroatoms. The molecule has 0 spiro atoms. The number of hydrogen-bond acceptors (Lipinski definition) is 6. The van der Waals surface area contributed by atoms with Gasteiger partial charge in [0, 0.05) is 29.2 Å². The Morgan fingerprint density at radius 1 is 0.854 bits per heavy atom. The molecule has 7 nitrogen and oxygen atoms in total. The molecule has 0 aliphatic carbocycles. The molecular formula is C29H20F3N3O4S2. The highest BCUT2D eigenvalue weighted by atomic mass is 32.2. The van der Waals surface area contributed by atoms with Gasteiger partial charge < -0.3 is 4.90 Å². The Balaban J connectivity index is 1.39. The van der Waals surface area contributed by atoms with E-state index in [0.717, 1.165) is 61.3 Å². The van der Waals surface area contributed by atoms with Gasteiger partial charge >= 0.3 is 11.5 Å². The van der Waals surface area contributed by atoms with Crippen LogP contribution in [0.5, 0.6) is 0 Å². The smallest absolute Gasteiger partial charge is 0.307 e. The van der Waals surface area contributed by atoms with Crippen LogP contribution in [0.1, 0.15) is 11.1 Å². The SMILES string of the molecule is O=C1[C@@H](Cc2csc3ccccc23)N(Cc2ccnc3ccccc23)C(=O)N1c1ccc(S(=O)(=O)C(F)(F)F)cc1. The number of halogens is 3. The van der Waals surface area contributed by atoms with Crippen LogP contribution in [0.25, 0.3) is 21.0 Å². The third kappa shape index (κ3) is 4.62. The quantitative estimate of drug-likeness (QED) is 0.214. The van der Waals surface area contributed by atoms with Crippen LogP contribution in [-0.4, -0.2) is 41.8 Å². The molecule has 5 aromatic rings. The topological polar surface area (TPSA) is 87.7 Å². The zero-order chi connectivity index (χ0) is 28.9. The number of pyridine rings is 1. The van der Waals surface area contributed by atoms with Gasteiger partial charge in [-0.25, -0.2) is 18.1 Å². The summed E-state index contributed by atoms with van der Waals surface area (Å²) in [5, 5.41) is 3.73. The van der Waals surface area contributed by atoms with Crippen LogP contribution in [0.3, 0.4) is 0 Å². The lowest BCUT2D eigenvalue weighted by Gasteiger charge is -2.22. The van der Waals surface area contributed by atoms with Crippen molar-refractivity contribution < 1.29 is 31.2 Å². The highest BCUT2D eigenvalue weighted by Gasteiger charge is 2.48. The minimum absolute atomic E-state index is 0.0246. The van der Waals surface area contributed by atoms with E-state index in [1.807, 2.05) is 53.9 Å². The van der Waals surface area contributed by atoms with Gasteiger partial charge in [0.1, 0.15) is 6.04 Å². The summed E-state index contributed by atoms with van der Waals surface area (Å²) < 4.78 is 63.8. The van der Waals surface area contributed by atoms with Crippen LogP contribution >= 0.6 is 11.3 Å². The van der Waals surface area contributed by atoms with E-state index in [-0.39, 0.29) is 18.7 Å². The number of nitrogens with zero attached hydrogens (tertiary/aromatic N) is 3. The fourth-order valence-corrected chi connectivity index (χ4v) is 6.77. The normalized spacial score (nSPS) is 16.3. The number of anilines is 1. The molecule has 2 aromatic heterocycles. The Bertz CT molecular complexity index is 1920.